The van der Waals surface area contributed by atoms with Gasteiger partial charge >= 0.3 is 11.9 Å². The average molecular weight is 521 g/mol. The van der Waals surface area contributed by atoms with Gasteiger partial charge in [-0.25, -0.2) is 9.59 Å². The van der Waals surface area contributed by atoms with Crippen LogP contribution in [0.15, 0.2) is 4.42 Å². The smallest absolute Gasteiger partial charge is 0.372 e. The second-order valence-electron chi connectivity index (χ2n) is 11.8. The molecule has 0 aromatic carbocycles. The lowest BCUT2D eigenvalue weighted by Crippen LogP contribution is -2.07. The summed E-state index contributed by atoms with van der Waals surface area (Å²) in [7, 11) is 0. The van der Waals surface area contributed by atoms with Crippen molar-refractivity contribution in [1.82, 2.24) is 0 Å². The average Bonchev–Trinajstić information content (AvgIpc) is 3.20. The third-order valence-corrected chi connectivity index (χ3v) is 7.39. The van der Waals surface area contributed by atoms with Crippen LogP contribution in [0.4, 0.5) is 0 Å². The summed E-state index contributed by atoms with van der Waals surface area (Å²) in [5.74, 6) is -0.724. The molecule has 0 atom stereocenters. The number of aromatic carboxylic acids is 2. The highest BCUT2D eigenvalue weighted by atomic mass is 16.4. The molecule has 0 bridgehead atoms. The second kappa shape index (κ2) is 20.2. The first-order chi connectivity index (χ1) is 17.7. The maximum atomic E-state index is 11.9. The Morgan fingerprint density at radius 3 is 1.32 bits per heavy atom. The largest absolute Gasteiger partial charge is 0.478 e. The topological polar surface area (TPSA) is 87.7 Å². The summed E-state index contributed by atoms with van der Waals surface area (Å²) in [6, 6.07) is 0. The Morgan fingerprint density at radius 1 is 0.568 bits per heavy atom. The zero-order valence-electron chi connectivity index (χ0n) is 24.4. The van der Waals surface area contributed by atoms with E-state index in [1.165, 1.54) is 77.0 Å². The Hall–Kier alpha value is -1.78. The third-order valence-electron chi connectivity index (χ3n) is 7.39. The fraction of sp³-hybridized carbons (Fsp3) is 0.812. The van der Waals surface area contributed by atoms with E-state index < -0.39 is 17.7 Å². The quantitative estimate of drug-likeness (QED) is 0.132. The summed E-state index contributed by atoms with van der Waals surface area (Å²) < 4.78 is 5.63. The SMILES string of the molecule is CC(C)CCCCCCCCCCc1oc(C(=O)O)c(C(=O)O)c1CCCCCCCCCCC(C)C. The van der Waals surface area contributed by atoms with E-state index in [0.717, 1.165) is 50.4 Å². The van der Waals surface area contributed by atoms with Crippen molar-refractivity contribution < 1.29 is 24.2 Å². The number of aryl methyl sites for hydroxylation is 1. The van der Waals surface area contributed by atoms with Crippen molar-refractivity contribution in [3.05, 3.63) is 22.6 Å². The number of hydrogen-bond acceptors (Lipinski definition) is 3. The van der Waals surface area contributed by atoms with Gasteiger partial charge < -0.3 is 14.6 Å². The minimum atomic E-state index is -1.29. The Morgan fingerprint density at radius 2 is 0.946 bits per heavy atom. The summed E-state index contributed by atoms with van der Waals surface area (Å²) in [4.78, 5) is 23.6. The highest BCUT2D eigenvalue weighted by molar-refractivity contribution is 6.01. The number of rotatable bonds is 24. The zero-order valence-corrected chi connectivity index (χ0v) is 24.4. The monoisotopic (exact) mass is 520 g/mol. The van der Waals surface area contributed by atoms with Crippen LogP contribution in [0.25, 0.3) is 0 Å². The number of hydrogen-bond donors (Lipinski definition) is 2. The third kappa shape index (κ3) is 15.3. The Bertz CT molecular complexity index is 747. The zero-order chi connectivity index (χ0) is 27.5. The molecule has 5 heteroatoms. The molecule has 0 aliphatic carbocycles. The molecule has 0 aliphatic heterocycles. The van der Waals surface area contributed by atoms with Crippen LogP contribution in [-0.4, -0.2) is 22.2 Å². The van der Waals surface area contributed by atoms with Crippen LogP contribution in [-0.2, 0) is 12.8 Å². The Labute approximate surface area is 226 Å². The van der Waals surface area contributed by atoms with Gasteiger partial charge in [-0.15, -0.1) is 0 Å². The van der Waals surface area contributed by atoms with E-state index in [1.807, 2.05) is 0 Å². The van der Waals surface area contributed by atoms with E-state index in [9.17, 15) is 19.8 Å². The van der Waals surface area contributed by atoms with Gasteiger partial charge in [0.2, 0.25) is 5.76 Å². The van der Waals surface area contributed by atoms with Gasteiger partial charge in [-0.1, -0.05) is 130 Å². The van der Waals surface area contributed by atoms with Crippen molar-refractivity contribution in [3.8, 4) is 0 Å². The molecule has 0 fully saturated rings. The van der Waals surface area contributed by atoms with Crippen LogP contribution in [0.2, 0.25) is 0 Å². The van der Waals surface area contributed by atoms with Crippen molar-refractivity contribution in [2.75, 3.05) is 0 Å². The fourth-order valence-corrected chi connectivity index (χ4v) is 5.17. The van der Waals surface area contributed by atoms with E-state index in [-0.39, 0.29) is 5.56 Å². The molecule has 0 aliphatic rings. The molecule has 0 spiro atoms. The highest BCUT2D eigenvalue weighted by Gasteiger charge is 2.28. The van der Waals surface area contributed by atoms with Gasteiger partial charge in [-0.05, 0) is 31.1 Å². The summed E-state index contributed by atoms with van der Waals surface area (Å²) >= 11 is 0. The summed E-state index contributed by atoms with van der Waals surface area (Å²) in [5.41, 5.74) is 0.484. The number of carbonyl (C=O) groups is 2. The number of carboxylic acids is 2. The first-order valence-electron chi connectivity index (χ1n) is 15.3. The minimum Gasteiger partial charge on any atom is -0.478 e. The molecule has 2 N–H and O–H groups in total. The molecular formula is C32H56O5. The van der Waals surface area contributed by atoms with E-state index in [1.54, 1.807) is 0 Å². The molecule has 0 amide bonds. The molecule has 0 radical (unpaired) electrons. The lowest BCUT2D eigenvalue weighted by molar-refractivity contribution is 0.0624. The summed E-state index contributed by atoms with van der Waals surface area (Å²) in [5, 5.41) is 19.2. The molecule has 1 aromatic heterocycles. The van der Waals surface area contributed by atoms with Crippen molar-refractivity contribution in [1.29, 1.82) is 0 Å². The maximum Gasteiger partial charge on any atom is 0.372 e. The lowest BCUT2D eigenvalue weighted by Gasteiger charge is -2.06. The van der Waals surface area contributed by atoms with Gasteiger partial charge in [0.05, 0.1) is 0 Å². The van der Waals surface area contributed by atoms with Crippen LogP contribution in [0, 0.1) is 11.8 Å². The molecule has 214 valence electrons. The van der Waals surface area contributed by atoms with Crippen LogP contribution in [0.5, 0.6) is 0 Å². The van der Waals surface area contributed by atoms with Crippen LogP contribution in [0.3, 0.4) is 0 Å². The summed E-state index contributed by atoms with van der Waals surface area (Å²) in [6.45, 7) is 9.11. The molecule has 1 heterocycles. The molecule has 1 rings (SSSR count). The minimum absolute atomic E-state index is 0.131. The molecule has 1 aromatic rings. The Balaban J connectivity index is 2.42. The number of carboxylic acid groups (broad SMARTS) is 2. The van der Waals surface area contributed by atoms with Gasteiger partial charge in [0, 0.05) is 12.0 Å². The Kier molecular flexibility index (Phi) is 18.2. The lowest BCUT2D eigenvalue weighted by atomic mass is 9.97. The van der Waals surface area contributed by atoms with Crippen molar-refractivity contribution in [3.63, 3.8) is 0 Å². The van der Waals surface area contributed by atoms with Crippen LogP contribution < -0.4 is 0 Å². The van der Waals surface area contributed by atoms with Crippen molar-refractivity contribution >= 4 is 11.9 Å². The second-order valence-corrected chi connectivity index (χ2v) is 11.8. The molecule has 0 saturated heterocycles. The van der Waals surface area contributed by atoms with E-state index in [4.69, 9.17) is 4.42 Å². The van der Waals surface area contributed by atoms with E-state index in [0.29, 0.717) is 24.2 Å². The predicted octanol–water partition coefficient (Wildman–Crippen LogP) is 10.1. The number of unbranched alkanes of at least 4 members (excludes halogenated alkanes) is 14. The first kappa shape index (κ1) is 33.2. The highest BCUT2D eigenvalue weighted by Crippen LogP contribution is 2.28. The van der Waals surface area contributed by atoms with Gasteiger partial charge in [0.25, 0.3) is 0 Å². The van der Waals surface area contributed by atoms with Crippen molar-refractivity contribution in [2.45, 2.75) is 156 Å². The predicted molar refractivity (Wildman–Crippen MR) is 153 cm³/mol. The molecule has 5 nitrogen and oxygen atoms in total. The molecule has 37 heavy (non-hydrogen) atoms. The maximum absolute atomic E-state index is 11.9. The number of furan rings is 1. The molecular weight excluding hydrogens is 464 g/mol. The van der Waals surface area contributed by atoms with E-state index >= 15 is 0 Å². The van der Waals surface area contributed by atoms with Crippen molar-refractivity contribution in [2.24, 2.45) is 11.8 Å². The van der Waals surface area contributed by atoms with E-state index in [2.05, 4.69) is 27.7 Å². The first-order valence-corrected chi connectivity index (χ1v) is 15.3. The molecule has 0 unspecified atom stereocenters. The van der Waals surface area contributed by atoms with Gasteiger partial charge in [-0.2, -0.15) is 0 Å². The van der Waals surface area contributed by atoms with Crippen LogP contribution >= 0.6 is 0 Å². The standard InChI is InChI=1S/C32H56O5/c1-25(2)21-17-13-9-5-7-11-15-19-23-27-28(37-30(32(35)36)29(27)31(33)34)24-20-16-12-8-6-10-14-18-22-26(3)4/h25-26H,5-24H2,1-4H3,(H,33,34)(H,35,36). The van der Waals surface area contributed by atoms with Gasteiger partial charge in [-0.3, -0.25) is 0 Å². The summed E-state index contributed by atoms with van der Waals surface area (Å²) in [6.07, 6.45) is 22.9. The molecule has 0 saturated carbocycles. The van der Waals surface area contributed by atoms with Crippen LogP contribution in [0.1, 0.15) is 176 Å². The van der Waals surface area contributed by atoms with Gasteiger partial charge in [0.1, 0.15) is 11.3 Å². The fourth-order valence-electron chi connectivity index (χ4n) is 5.17. The normalized spacial score (nSPS) is 11.6. The van der Waals surface area contributed by atoms with Gasteiger partial charge in [0.15, 0.2) is 0 Å².